The fourth-order valence-electron chi connectivity index (χ4n) is 2.39. The molecule has 0 saturated heterocycles. The third-order valence-electron chi connectivity index (χ3n) is 3.88. The van der Waals surface area contributed by atoms with Gasteiger partial charge in [0.1, 0.15) is 0 Å². The molecule has 0 aromatic heterocycles. The Morgan fingerprint density at radius 2 is 1.66 bits per heavy atom. The molecule has 0 radical (unpaired) electrons. The van der Waals surface area contributed by atoms with E-state index in [1.165, 1.54) is 7.11 Å². The van der Waals surface area contributed by atoms with Gasteiger partial charge in [-0.2, -0.15) is 5.10 Å². The monoisotopic (exact) mass is 398 g/mol. The van der Waals surface area contributed by atoms with Crippen molar-refractivity contribution in [3.05, 3.63) is 48.5 Å². The number of hydrogen-bond acceptors (Lipinski definition) is 6. The summed E-state index contributed by atoms with van der Waals surface area (Å²) in [7, 11) is 5.42. The molecule has 0 atom stereocenters. The summed E-state index contributed by atoms with van der Waals surface area (Å²) in [5.74, 6) is 0.346. The minimum atomic E-state index is -0.435. The third kappa shape index (κ3) is 7.17. The summed E-state index contributed by atoms with van der Waals surface area (Å²) >= 11 is 0. The first-order valence-corrected chi connectivity index (χ1v) is 9.04. The van der Waals surface area contributed by atoms with E-state index < -0.39 is 5.91 Å². The lowest BCUT2D eigenvalue weighted by Crippen LogP contribution is -2.26. The van der Waals surface area contributed by atoms with Crippen molar-refractivity contribution in [1.82, 2.24) is 5.43 Å². The van der Waals surface area contributed by atoms with Crippen LogP contribution >= 0.6 is 0 Å². The predicted octanol–water partition coefficient (Wildman–Crippen LogP) is 2.66. The van der Waals surface area contributed by atoms with Gasteiger partial charge < -0.3 is 19.7 Å². The lowest BCUT2D eigenvalue weighted by molar-refractivity contribution is -0.123. The van der Waals surface area contributed by atoms with Gasteiger partial charge in [0.25, 0.3) is 5.91 Å². The van der Waals surface area contributed by atoms with E-state index in [4.69, 9.17) is 9.47 Å². The molecule has 2 amide bonds. The third-order valence-corrected chi connectivity index (χ3v) is 3.88. The van der Waals surface area contributed by atoms with Crippen LogP contribution in [-0.2, 0) is 9.59 Å². The zero-order valence-electron chi connectivity index (χ0n) is 17.1. The van der Waals surface area contributed by atoms with Gasteiger partial charge in [-0.25, -0.2) is 5.43 Å². The van der Waals surface area contributed by atoms with Crippen LogP contribution in [0.25, 0.3) is 0 Å². The second kappa shape index (κ2) is 10.7. The summed E-state index contributed by atoms with van der Waals surface area (Å²) < 4.78 is 10.6. The van der Waals surface area contributed by atoms with Crippen molar-refractivity contribution in [2.45, 2.75) is 13.3 Å². The standard InChI is InChI=1S/C21H26N4O4/c1-15(13-20(26)22-16-9-11-17(12-10-16)25(2)3)23-24-21(27)14-29-19-8-6-5-7-18(19)28-4/h5-12H,13-14H2,1-4H3,(H,22,26)(H,24,27). The number of amides is 2. The van der Waals surface area contributed by atoms with Gasteiger partial charge in [-0.05, 0) is 43.3 Å². The van der Waals surface area contributed by atoms with E-state index >= 15 is 0 Å². The number of anilines is 2. The summed E-state index contributed by atoms with van der Waals surface area (Å²) in [5, 5.41) is 6.73. The highest BCUT2D eigenvalue weighted by atomic mass is 16.5. The number of rotatable bonds is 9. The van der Waals surface area contributed by atoms with Crippen molar-refractivity contribution in [3.8, 4) is 11.5 Å². The number of nitrogens with one attached hydrogen (secondary N) is 2. The molecule has 0 spiro atoms. The maximum absolute atomic E-state index is 12.1. The van der Waals surface area contributed by atoms with Crippen LogP contribution in [0.1, 0.15) is 13.3 Å². The smallest absolute Gasteiger partial charge is 0.277 e. The Bertz CT molecular complexity index is 863. The van der Waals surface area contributed by atoms with Crippen LogP contribution in [0.4, 0.5) is 11.4 Å². The van der Waals surface area contributed by atoms with Gasteiger partial charge in [0, 0.05) is 31.2 Å². The fourth-order valence-corrected chi connectivity index (χ4v) is 2.39. The summed E-state index contributed by atoms with van der Waals surface area (Å²) in [4.78, 5) is 26.0. The van der Waals surface area contributed by atoms with Crippen molar-refractivity contribution < 1.29 is 19.1 Å². The largest absolute Gasteiger partial charge is 0.493 e. The van der Waals surface area contributed by atoms with Gasteiger partial charge in [-0.1, -0.05) is 12.1 Å². The maximum atomic E-state index is 12.1. The Balaban J connectivity index is 1.78. The summed E-state index contributed by atoms with van der Waals surface area (Å²) in [6.45, 7) is 1.44. The van der Waals surface area contributed by atoms with Gasteiger partial charge in [0.05, 0.1) is 13.5 Å². The lowest BCUT2D eigenvalue weighted by Gasteiger charge is -2.13. The Hall–Kier alpha value is -3.55. The van der Waals surface area contributed by atoms with Crippen LogP contribution in [0, 0.1) is 0 Å². The molecule has 2 N–H and O–H groups in total. The molecule has 154 valence electrons. The number of carbonyl (C=O) groups is 2. The van der Waals surface area contributed by atoms with Crippen molar-refractivity contribution in [3.63, 3.8) is 0 Å². The van der Waals surface area contributed by atoms with E-state index in [2.05, 4.69) is 15.8 Å². The fraction of sp³-hybridized carbons (Fsp3) is 0.286. The molecular weight excluding hydrogens is 372 g/mol. The maximum Gasteiger partial charge on any atom is 0.277 e. The number of ether oxygens (including phenoxy) is 2. The van der Waals surface area contributed by atoms with Gasteiger partial charge in [-0.15, -0.1) is 0 Å². The van der Waals surface area contributed by atoms with Crippen molar-refractivity contribution in [1.29, 1.82) is 0 Å². The number of benzene rings is 2. The quantitative estimate of drug-likeness (QED) is 0.500. The number of nitrogens with zero attached hydrogens (tertiary/aromatic N) is 2. The van der Waals surface area contributed by atoms with Crippen LogP contribution < -0.4 is 25.1 Å². The lowest BCUT2D eigenvalue weighted by atomic mass is 10.2. The van der Waals surface area contributed by atoms with Crippen LogP contribution in [0.3, 0.4) is 0 Å². The topological polar surface area (TPSA) is 92.3 Å². The van der Waals surface area contributed by atoms with Gasteiger partial charge >= 0.3 is 0 Å². The molecule has 0 fully saturated rings. The van der Waals surface area contributed by atoms with E-state index in [1.54, 1.807) is 31.2 Å². The van der Waals surface area contributed by atoms with Crippen molar-refractivity contribution in [2.24, 2.45) is 5.10 Å². The second-order valence-corrected chi connectivity index (χ2v) is 6.49. The first kappa shape index (κ1) is 21.7. The number of hydrogen-bond donors (Lipinski definition) is 2. The molecule has 0 unspecified atom stereocenters. The van der Waals surface area contributed by atoms with Gasteiger partial charge in [-0.3, -0.25) is 9.59 Å². The molecule has 0 aliphatic heterocycles. The number of para-hydroxylation sites is 2. The summed E-state index contributed by atoms with van der Waals surface area (Å²) in [6, 6.07) is 14.5. The highest BCUT2D eigenvalue weighted by Crippen LogP contribution is 2.25. The van der Waals surface area contributed by atoms with Crippen LogP contribution in [0.2, 0.25) is 0 Å². The van der Waals surface area contributed by atoms with Crippen molar-refractivity contribution >= 4 is 28.9 Å². The molecule has 0 saturated carbocycles. The Morgan fingerprint density at radius 1 is 1.00 bits per heavy atom. The second-order valence-electron chi connectivity index (χ2n) is 6.49. The van der Waals surface area contributed by atoms with E-state index in [0.717, 1.165) is 5.69 Å². The molecular formula is C21H26N4O4. The van der Waals surface area contributed by atoms with E-state index in [-0.39, 0.29) is 18.9 Å². The normalized spacial score (nSPS) is 10.8. The van der Waals surface area contributed by atoms with E-state index in [9.17, 15) is 9.59 Å². The zero-order valence-corrected chi connectivity index (χ0v) is 17.1. The van der Waals surface area contributed by atoms with E-state index in [1.807, 2.05) is 43.3 Å². The average molecular weight is 398 g/mol. The minimum Gasteiger partial charge on any atom is -0.493 e. The molecule has 29 heavy (non-hydrogen) atoms. The molecule has 0 aliphatic carbocycles. The highest BCUT2D eigenvalue weighted by Gasteiger charge is 2.08. The van der Waals surface area contributed by atoms with Crippen molar-refractivity contribution in [2.75, 3.05) is 38.0 Å². The molecule has 8 heteroatoms. The van der Waals surface area contributed by atoms with E-state index in [0.29, 0.717) is 22.9 Å². The SMILES string of the molecule is COc1ccccc1OCC(=O)NN=C(C)CC(=O)Nc1ccc(N(C)C)cc1. The minimum absolute atomic E-state index is 0.0586. The number of carbonyl (C=O) groups excluding carboxylic acids is 2. The zero-order chi connectivity index (χ0) is 21.2. The molecule has 2 aromatic rings. The summed E-state index contributed by atoms with van der Waals surface area (Å²) in [5.41, 5.74) is 4.58. The molecule has 2 rings (SSSR count). The molecule has 8 nitrogen and oxygen atoms in total. The van der Waals surface area contributed by atoms with Gasteiger partial charge in [0.15, 0.2) is 18.1 Å². The molecule has 2 aromatic carbocycles. The Morgan fingerprint density at radius 3 is 2.28 bits per heavy atom. The Labute approximate surface area is 170 Å². The summed E-state index contributed by atoms with van der Waals surface area (Å²) in [6.07, 6.45) is 0.0586. The average Bonchev–Trinajstić information content (AvgIpc) is 2.71. The number of hydrazone groups is 1. The molecule has 0 aliphatic rings. The first-order valence-electron chi connectivity index (χ1n) is 9.04. The first-order chi connectivity index (χ1) is 13.9. The van der Waals surface area contributed by atoms with Gasteiger partial charge in [0.2, 0.25) is 5.91 Å². The Kier molecular flexibility index (Phi) is 8.02. The highest BCUT2D eigenvalue weighted by molar-refractivity contribution is 6.05. The van der Waals surface area contributed by atoms with Crippen LogP contribution in [0.5, 0.6) is 11.5 Å². The molecule has 0 bridgehead atoms. The predicted molar refractivity (Wildman–Crippen MR) is 114 cm³/mol. The van der Waals surface area contributed by atoms with Crippen LogP contribution in [0.15, 0.2) is 53.6 Å². The van der Waals surface area contributed by atoms with Crippen LogP contribution in [-0.4, -0.2) is 45.3 Å². The molecule has 0 heterocycles. The number of methoxy groups -OCH3 is 1.